The number of ether oxygens (including phenoxy) is 1. The summed E-state index contributed by atoms with van der Waals surface area (Å²) in [7, 11) is 0. The van der Waals surface area contributed by atoms with Gasteiger partial charge in [-0.15, -0.1) is 0 Å². The van der Waals surface area contributed by atoms with E-state index in [1.165, 1.54) is 11.0 Å². The van der Waals surface area contributed by atoms with E-state index in [1.807, 2.05) is 18.3 Å². The molecule has 2 saturated heterocycles. The second kappa shape index (κ2) is 10.8. The summed E-state index contributed by atoms with van der Waals surface area (Å²) in [5.74, 6) is -0.590. The van der Waals surface area contributed by atoms with Crippen molar-refractivity contribution in [2.24, 2.45) is 5.92 Å². The zero-order valence-electron chi connectivity index (χ0n) is 20.5. The molecule has 2 aromatic rings. The zero-order chi connectivity index (χ0) is 26.0. The van der Waals surface area contributed by atoms with E-state index in [1.54, 1.807) is 6.20 Å². The van der Waals surface area contributed by atoms with E-state index in [0.29, 0.717) is 37.7 Å². The summed E-state index contributed by atoms with van der Waals surface area (Å²) in [6.07, 6.45) is 2.19. The number of fused-ring (bicyclic) bond motifs is 1. The van der Waals surface area contributed by atoms with Crippen LogP contribution in [0.3, 0.4) is 0 Å². The molecule has 10 heteroatoms. The van der Waals surface area contributed by atoms with E-state index in [-0.39, 0.29) is 30.0 Å². The molecule has 2 fully saturated rings. The smallest absolute Gasteiger partial charge is 0.380 e. The number of halogens is 3. The fourth-order valence-electron chi connectivity index (χ4n) is 5.64. The molecule has 37 heavy (non-hydrogen) atoms. The average Bonchev–Trinajstić information content (AvgIpc) is 3.55. The van der Waals surface area contributed by atoms with Gasteiger partial charge in [0.1, 0.15) is 0 Å². The van der Waals surface area contributed by atoms with Crippen LogP contribution in [0.2, 0.25) is 0 Å². The highest BCUT2D eigenvalue weighted by Gasteiger charge is 2.39. The van der Waals surface area contributed by atoms with Crippen molar-refractivity contribution in [1.82, 2.24) is 20.1 Å². The normalized spacial score (nSPS) is 24.4. The molecule has 2 amide bonds. The monoisotopic (exact) mass is 516 g/mol. The number of nitrogens with zero attached hydrogens (tertiary/aromatic N) is 3. The first-order chi connectivity index (χ1) is 17.8. The van der Waals surface area contributed by atoms with Crippen LogP contribution in [-0.4, -0.2) is 78.1 Å². The Balaban J connectivity index is 1.23. The maximum absolute atomic E-state index is 13.2. The van der Waals surface area contributed by atoms with E-state index in [0.717, 1.165) is 50.1 Å². The van der Waals surface area contributed by atoms with Gasteiger partial charge in [-0.1, -0.05) is 12.1 Å². The van der Waals surface area contributed by atoms with Crippen molar-refractivity contribution in [3.63, 3.8) is 0 Å². The Kier molecular flexibility index (Phi) is 7.48. The fourth-order valence-corrected chi connectivity index (χ4v) is 5.64. The van der Waals surface area contributed by atoms with Crippen molar-refractivity contribution < 1.29 is 27.5 Å². The molecule has 0 radical (unpaired) electrons. The Hall–Kier alpha value is -2.98. The first-order valence-corrected chi connectivity index (χ1v) is 12.8. The lowest BCUT2D eigenvalue weighted by Crippen LogP contribution is -2.48. The quantitative estimate of drug-likeness (QED) is 0.613. The molecular weight excluding hydrogens is 485 g/mol. The van der Waals surface area contributed by atoms with Gasteiger partial charge in [-0.05, 0) is 60.9 Å². The minimum absolute atomic E-state index is 0.0245. The third-order valence-corrected chi connectivity index (χ3v) is 7.70. The van der Waals surface area contributed by atoms with E-state index >= 15 is 0 Å². The number of hydrogen-bond acceptors (Lipinski definition) is 5. The Morgan fingerprint density at radius 3 is 2.81 bits per heavy atom. The molecule has 2 unspecified atom stereocenters. The van der Waals surface area contributed by atoms with E-state index in [2.05, 4.69) is 15.2 Å². The summed E-state index contributed by atoms with van der Waals surface area (Å²) < 4.78 is 45.1. The second-order valence-electron chi connectivity index (χ2n) is 10.2. The van der Waals surface area contributed by atoms with Gasteiger partial charge in [0.25, 0.3) is 5.91 Å². The summed E-state index contributed by atoms with van der Waals surface area (Å²) in [5.41, 5.74) is 0.891. The van der Waals surface area contributed by atoms with Crippen LogP contribution in [0.5, 0.6) is 0 Å². The molecule has 7 nitrogen and oxygen atoms in total. The number of aromatic nitrogens is 1. The lowest BCUT2D eigenvalue weighted by molar-refractivity contribution is -0.137. The number of rotatable bonds is 7. The molecule has 5 rings (SSSR count). The van der Waals surface area contributed by atoms with Crippen LogP contribution in [-0.2, 0) is 28.5 Å². The van der Waals surface area contributed by atoms with Crippen molar-refractivity contribution in [1.29, 1.82) is 0 Å². The largest absolute Gasteiger partial charge is 0.416 e. The molecule has 0 spiro atoms. The number of nitrogens with one attached hydrogen (secondary N) is 1. The Labute approximate surface area is 214 Å². The predicted octanol–water partition coefficient (Wildman–Crippen LogP) is 2.94. The average molecular weight is 517 g/mol. The van der Waals surface area contributed by atoms with Gasteiger partial charge in [0.2, 0.25) is 5.91 Å². The van der Waals surface area contributed by atoms with Gasteiger partial charge in [0.05, 0.1) is 18.7 Å². The number of amides is 2. The lowest BCUT2D eigenvalue weighted by Gasteiger charge is -2.29. The number of aryl methyl sites for hydroxylation is 1. The van der Waals surface area contributed by atoms with Gasteiger partial charge in [0.15, 0.2) is 0 Å². The Bertz CT molecular complexity index is 1120. The Morgan fingerprint density at radius 2 is 2.08 bits per heavy atom. The van der Waals surface area contributed by atoms with Crippen LogP contribution in [0.25, 0.3) is 0 Å². The van der Waals surface area contributed by atoms with Gasteiger partial charge >= 0.3 is 6.18 Å². The topological polar surface area (TPSA) is 74.8 Å². The molecule has 3 atom stereocenters. The third kappa shape index (κ3) is 5.96. The van der Waals surface area contributed by atoms with Crippen LogP contribution in [0, 0.1) is 5.92 Å². The Morgan fingerprint density at radius 1 is 1.22 bits per heavy atom. The van der Waals surface area contributed by atoms with Crippen LogP contribution >= 0.6 is 0 Å². The minimum Gasteiger partial charge on any atom is -0.380 e. The third-order valence-electron chi connectivity index (χ3n) is 7.70. The standard InChI is InChI=1S/C27H31F3N4O3/c28-27(29,30)21-6-5-19-7-10-33(26(36)23(19)12-21)16-25(35)32-24-15-34(22-8-11-37-17-22)14-20(24)4-3-18-2-1-9-31-13-18/h1-2,5-6,9,12-13,20,22,24H,3-4,7-8,10-11,14-17H2,(H,32,35)/t20-,22?,24?/m0/s1. The van der Waals surface area contributed by atoms with E-state index < -0.39 is 17.6 Å². The van der Waals surface area contributed by atoms with Gasteiger partial charge in [0, 0.05) is 56.3 Å². The molecule has 0 bridgehead atoms. The maximum atomic E-state index is 13.2. The molecule has 3 aliphatic rings. The molecule has 4 heterocycles. The molecular formula is C27H31F3N4O3. The highest BCUT2D eigenvalue weighted by Crippen LogP contribution is 2.32. The highest BCUT2D eigenvalue weighted by molar-refractivity contribution is 5.99. The molecule has 1 aromatic heterocycles. The zero-order valence-corrected chi connectivity index (χ0v) is 20.5. The first-order valence-electron chi connectivity index (χ1n) is 12.8. The van der Waals surface area contributed by atoms with E-state index in [4.69, 9.17) is 4.74 Å². The van der Waals surface area contributed by atoms with Crippen molar-refractivity contribution in [3.05, 3.63) is 65.0 Å². The van der Waals surface area contributed by atoms with Gasteiger partial charge < -0.3 is 15.0 Å². The van der Waals surface area contributed by atoms with Crippen molar-refractivity contribution in [3.8, 4) is 0 Å². The molecule has 3 aliphatic heterocycles. The molecule has 0 saturated carbocycles. The summed E-state index contributed by atoms with van der Waals surface area (Å²) in [4.78, 5) is 33.9. The van der Waals surface area contributed by atoms with Crippen LogP contribution in [0.1, 0.15) is 39.9 Å². The van der Waals surface area contributed by atoms with Gasteiger partial charge in [-0.25, -0.2) is 0 Å². The minimum atomic E-state index is -4.53. The number of carbonyl (C=O) groups is 2. The second-order valence-corrected chi connectivity index (χ2v) is 10.2. The van der Waals surface area contributed by atoms with Gasteiger partial charge in [-0.2, -0.15) is 13.2 Å². The van der Waals surface area contributed by atoms with E-state index in [9.17, 15) is 22.8 Å². The van der Waals surface area contributed by atoms with Crippen LogP contribution in [0.4, 0.5) is 13.2 Å². The number of carbonyl (C=O) groups excluding carboxylic acids is 2. The predicted molar refractivity (Wildman–Crippen MR) is 130 cm³/mol. The van der Waals surface area contributed by atoms with Crippen molar-refractivity contribution in [2.45, 2.75) is 43.9 Å². The lowest BCUT2D eigenvalue weighted by atomic mass is 9.95. The van der Waals surface area contributed by atoms with Crippen molar-refractivity contribution in [2.75, 3.05) is 39.4 Å². The molecule has 1 N–H and O–H groups in total. The number of alkyl halides is 3. The van der Waals surface area contributed by atoms with Crippen LogP contribution < -0.4 is 5.32 Å². The highest BCUT2D eigenvalue weighted by atomic mass is 19.4. The molecule has 0 aliphatic carbocycles. The summed E-state index contributed by atoms with van der Waals surface area (Å²) in [5, 5.41) is 3.14. The fraction of sp³-hybridized carbons (Fsp3) is 0.519. The summed E-state index contributed by atoms with van der Waals surface area (Å²) in [6, 6.07) is 7.48. The number of pyridine rings is 1. The maximum Gasteiger partial charge on any atom is 0.416 e. The summed E-state index contributed by atoms with van der Waals surface area (Å²) >= 11 is 0. The first kappa shape index (κ1) is 25.7. The number of likely N-dealkylation sites (tertiary alicyclic amines) is 1. The van der Waals surface area contributed by atoms with Gasteiger partial charge in [-0.3, -0.25) is 19.5 Å². The number of hydrogen-bond donors (Lipinski definition) is 1. The van der Waals surface area contributed by atoms with Crippen LogP contribution in [0.15, 0.2) is 42.7 Å². The SMILES string of the molecule is O=C(CN1CCc2ccc(C(F)(F)F)cc2C1=O)NC1CN(C2CCOC2)C[C@@H]1CCc1cccnc1. The number of benzene rings is 1. The van der Waals surface area contributed by atoms with Crippen molar-refractivity contribution >= 4 is 11.8 Å². The summed E-state index contributed by atoms with van der Waals surface area (Å²) in [6.45, 7) is 3.13. The molecule has 198 valence electrons. The molecule has 1 aromatic carbocycles.